The molecule has 0 spiro atoms. The van der Waals surface area contributed by atoms with Gasteiger partial charge in [-0.1, -0.05) is 19.3 Å². The molecule has 0 amide bonds. The summed E-state index contributed by atoms with van der Waals surface area (Å²) in [5, 5.41) is 0. The second kappa shape index (κ2) is 5.81. The molecule has 0 atom stereocenters. The standard InChI is InChI=1S/C13H19BrN2O2S/c1-16(10-5-3-2-4-6-10)19(17,18)11-7-8-13(15)12(14)9-11/h7-10H,2-6,15H2,1H3. The summed E-state index contributed by atoms with van der Waals surface area (Å²) in [6.45, 7) is 0. The first-order valence-corrected chi connectivity index (χ1v) is 8.69. The Kier molecular flexibility index (Phi) is 4.53. The van der Waals surface area contributed by atoms with E-state index in [-0.39, 0.29) is 6.04 Å². The van der Waals surface area contributed by atoms with Crippen LogP contribution in [-0.4, -0.2) is 25.8 Å². The van der Waals surface area contributed by atoms with E-state index in [0.717, 1.165) is 25.7 Å². The molecular weight excluding hydrogens is 328 g/mol. The molecule has 1 aliphatic rings. The van der Waals surface area contributed by atoms with E-state index < -0.39 is 10.0 Å². The van der Waals surface area contributed by atoms with Crippen LogP contribution in [0, 0.1) is 0 Å². The van der Waals surface area contributed by atoms with Gasteiger partial charge in [-0.2, -0.15) is 4.31 Å². The molecule has 0 aromatic heterocycles. The van der Waals surface area contributed by atoms with E-state index in [4.69, 9.17) is 5.73 Å². The van der Waals surface area contributed by atoms with Gasteiger partial charge in [-0.3, -0.25) is 0 Å². The van der Waals surface area contributed by atoms with E-state index >= 15 is 0 Å². The zero-order valence-corrected chi connectivity index (χ0v) is 13.4. The Morgan fingerprint density at radius 3 is 2.47 bits per heavy atom. The van der Waals surface area contributed by atoms with Crippen LogP contribution in [0.5, 0.6) is 0 Å². The number of hydrogen-bond acceptors (Lipinski definition) is 3. The lowest BCUT2D eigenvalue weighted by Crippen LogP contribution is -2.38. The Hall–Kier alpha value is -0.590. The Labute approximate surface area is 123 Å². The third kappa shape index (κ3) is 3.12. The lowest BCUT2D eigenvalue weighted by Gasteiger charge is -2.30. The minimum Gasteiger partial charge on any atom is -0.398 e. The van der Waals surface area contributed by atoms with Gasteiger partial charge in [-0.05, 0) is 47.0 Å². The molecule has 1 aromatic carbocycles. The van der Waals surface area contributed by atoms with Gasteiger partial charge in [0.05, 0.1) is 4.90 Å². The fraction of sp³-hybridized carbons (Fsp3) is 0.538. The quantitative estimate of drug-likeness (QED) is 0.855. The number of nitrogens with two attached hydrogens (primary N) is 1. The zero-order chi connectivity index (χ0) is 14.0. The molecule has 2 rings (SSSR count). The predicted octanol–water partition coefficient (Wildman–Crippen LogP) is 2.98. The predicted molar refractivity (Wildman–Crippen MR) is 80.4 cm³/mol. The molecule has 2 N–H and O–H groups in total. The number of halogens is 1. The highest BCUT2D eigenvalue weighted by atomic mass is 79.9. The van der Waals surface area contributed by atoms with Gasteiger partial charge in [-0.25, -0.2) is 8.42 Å². The molecule has 0 heterocycles. The maximum atomic E-state index is 12.6. The van der Waals surface area contributed by atoms with Crippen molar-refractivity contribution in [2.75, 3.05) is 12.8 Å². The third-order valence-corrected chi connectivity index (χ3v) is 6.33. The van der Waals surface area contributed by atoms with Crippen molar-refractivity contribution in [3.8, 4) is 0 Å². The first kappa shape index (κ1) is 14.8. The molecule has 1 aromatic rings. The summed E-state index contributed by atoms with van der Waals surface area (Å²) in [5.74, 6) is 0. The molecule has 0 radical (unpaired) electrons. The number of hydrogen-bond donors (Lipinski definition) is 1. The molecule has 1 saturated carbocycles. The van der Waals surface area contributed by atoms with Crippen molar-refractivity contribution in [2.45, 2.75) is 43.0 Å². The van der Waals surface area contributed by atoms with E-state index in [9.17, 15) is 8.42 Å². The third-order valence-electron chi connectivity index (χ3n) is 3.74. The summed E-state index contributed by atoms with van der Waals surface area (Å²) in [6.07, 6.45) is 5.32. The molecule has 1 aliphatic carbocycles. The van der Waals surface area contributed by atoms with Crippen molar-refractivity contribution in [1.82, 2.24) is 4.31 Å². The maximum Gasteiger partial charge on any atom is 0.243 e. The topological polar surface area (TPSA) is 63.4 Å². The molecule has 106 valence electrons. The second-order valence-corrected chi connectivity index (χ2v) is 7.85. The van der Waals surface area contributed by atoms with E-state index in [1.54, 1.807) is 25.2 Å². The van der Waals surface area contributed by atoms with Crippen LogP contribution in [0.25, 0.3) is 0 Å². The van der Waals surface area contributed by atoms with E-state index in [2.05, 4.69) is 15.9 Å². The molecule has 0 aliphatic heterocycles. The molecule has 4 nitrogen and oxygen atoms in total. The van der Waals surface area contributed by atoms with Gasteiger partial charge in [0.1, 0.15) is 0 Å². The van der Waals surface area contributed by atoms with E-state index in [1.807, 2.05) is 0 Å². The average molecular weight is 347 g/mol. The van der Waals surface area contributed by atoms with Gasteiger partial charge >= 0.3 is 0 Å². The molecule has 19 heavy (non-hydrogen) atoms. The Morgan fingerprint density at radius 2 is 1.89 bits per heavy atom. The minimum absolute atomic E-state index is 0.120. The average Bonchev–Trinajstić information content (AvgIpc) is 2.41. The number of nitrogens with zero attached hydrogens (tertiary/aromatic N) is 1. The summed E-state index contributed by atoms with van der Waals surface area (Å²) in [6, 6.07) is 4.87. The van der Waals surface area contributed by atoms with Crippen molar-refractivity contribution >= 4 is 31.6 Å². The number of sulfonamides is 1. The first-order chi connectivity index (χ1) is 8.93. The Morgan fingerprint density at radius 1 is 1.26 bits per heavy atom. The Balaban J connectivity index is 2.27. The van der Waals surface area contributed by atoms with Crippen LogP contribution < -0.4 is 5.73 Å². The SMILES string of the molecule is CN(C1CCCCC1)S(=O)(=O)c1ccc(N)c(Br)c1. The fourth-order valence-corrected chi connectivity index (χ4v) is 4.45. The van der Waals surface area contributed by atoms with Crippen molar-refractivity contribution in [3.63, 3.8) is 0 Å². The largest absolute Gasteiger partial charge is 0.398 e. The van der Waals surface area contributed by atoms with Gasteiger partial charge in [0.15, 0.2) is 0 Å². The summed E-state index contributed by atoms with van der Waals surface area (Å²) in [4.78, 5) is 0.293. The normalized spacial score (nSPS) is 17.8. The van der Waals surface area contributed by atoms with Gasteiger partial charge < -0.3 is 5.73 Å². The first-order valence-electron chi connectivity index (χ1n) is 6.46. The van der Waals surface area contributed by atoms with Gasteiger partial charge in [0.25, 0.3) is 0 Å². The monoisotopic (exact) mass is 346 g/mol. The molecular formula is C13H19BrN2O2S. The summed E-state index contributed by atoms with van der Waals surface area (Å²) in [7, 11) is -1.75. The van der Waals surface area contributed by atoms with Crippen LogP contribution in [0.4, 0.5) is 5.69 Å². The summed E-state index contributed by atoms with van der Waals surface area (Å²) >= 11 is 3.28. The Bertz CT molecular complexity index is 554. The van der Waals surface area contributed by atoms with E-state index in [1.165, 1.54) is 10.7 Å². The van der Waals surface area contributed by atoms with Crippen molar-refractivity contribution in [1.29, 1.82) is 0 Å². The molecule has 6 heteroatoms. The van der Waals surface area contributed by atoms with Crippen LogP contribution in [-0.2, 0) is 10.0 Å². The molecule has 0 unspecified atom stereocenters. The van der Waals surface area contributed by atoms with Crippen molar-refractivity contribution in [3.05, 3.63) is 22.7 Å². The summed E-state index contributed by atoms with van der Waals surface area (Å²) in [5.41, 5.74) is 6.24. The molecule has 0 bridgehead atoms. The minimum atomic E-state index is -3.43. The highest BCUT2D eigenvalue weighted by molar-refractivity contribution is 9.10. The lowest BCUT2D eigenvalue weighted by atomic mass is 9.96. The van der Waals surface area contributed by atoms with Crippen LogP contribution in [0.3, 0.4) is 0 Å². The summed E-state index contributed by atoms with van der Waals surface area (Å²) < 4.78 is 27.3. The van der Waals surface area contributed by atoms with E-state index in [0.29, 0.717) is 15.1 Å². The van der Waals surface area contributed by atoms with Gasteiger partial charge in [0, 0.05) is 23.2 Å². The van der Waals surface area contributed by atoms with Crippen LogP contribution in [0.15, 0.2) is 27.6 Å². The van der Waals surface area contributed by atoms with Crippen LogP contribution >= 0.6 is 15.9 Å². The van der Waals surface area contributed by atoms with Gasteiger partial charge in [-0.15, -0.1) is 0 Å². The highest BCUT2D eigenvalue weighted by Crippen LogP contribution is 2.29. The maximum absolute atomic E-state index is 12.6. The highest BCUT2D eigenvalue weighted by Gasteiger charge is 2.29. The fourth-order valence-electron chi connectivity index (χ4n) is 2.48. The second-order valence-electron chi connectivity index (χ2n) is 5.00. The smallest absolute Gasteiger partial charge is 0.243 e. The lowest BCUT2D eigenvalue weighted by molar-refractivity contribution is 0.286. The number of benzene rings is 1. The molecule has 0 saturated heterocycles. The van der Waals surface area contributed by atoms with Crippen LogP contribution in [0.1, 0.15) is 32.1 Å². The number of anilines is 1. The number of nitrogen functional groups attached to an aromatic ring is 1. The van der Waals surface area contributed by atoms with Crippen molar-refractivity contribution in [2.24, 2.45) is 0 Å². The zero-order valence-electron chi connectivity index (χ0n) is 11.0. The van der Waals surface area contributed by atoms with Crippen LogP contribution in [0.2, 0.25) is 0 Å². The number of rotatable bonds is 3. The van der Waals surface area contributed by atoms with Crippen molar-refractivity contribution < 1.29 is 8.42 Å². The molecule has 1 fully saturated rings. The van der Waals surface area contributed by atoms with Gasteiger partial charge in [0.2, 0.25) is 10.0 Å².